The van der Waals surface area contributed by atoms with Crippen LogP contribution in [0.4, 0.5) is 0 Å². The summed E-state index contributed by atoms with van der Waals surface area (Å²) in [5.41, 5.74) is 1.43. The maximum atomic E-state index is 11.8. The molecule has 0 aromatic carbocycles. The molecule has 5 nitrogen and oxygen atoms in total. The van der Waals surface area contributed by atoms with E-state index in [1.807, 2.05) is 31.7 Å². The van der Waals surface area contributed by atoms with Gasteiger partial charge in [-0.05, 0) is 61.5 Å². The molecule has 1 N–H and O–H groups in total. The van der Waals surface area contributed by atoms with E-state index in [1.54, 1.807) is 6.08 Å². The van der Waals surface area contributed by atoms with Gasteiger partial charge in [-0.1, -0.05) is 71.2 Å². The van der Waals surface area contributed by atoms with Crippen LogP contribution in [0.25, 0.3) is 5.32 Å². The SMILES string of the molecule is CCC(CC)C(=O)C[C@H](O)C(CC)CC.[2H]C([2H])([2H])C1=NC2OC3=C([C@H]4CCC5CCSC5[N-]4)[CH-]CCC3C2C=C1.[Ir]. The Kier molecular flexibility index (Phi) is 11.4. The number of allylic oxidation sites excluding steroid dienone is 2. The molecular formula is C32H50IrN2O3S-2. The average molecular weight is 738 g/mol. The van der Waals surface area contributed by atoms with Crippen LogP contribution in [0.1, 0.15) is 103 Å². The molecule has 4 heterocycles. The Balaban J connectivity index is 0.000000263. The van der Waals surface area contributed by atoms with Crippen molar-refractivity contribution in [3.05, 3.63) is 35.2 Å². The van der Waals surface area contributed by atoms with Gasteiger partial charge in [-0.25, -0.2) is 11.4 Å². The number of aliphatic hydroxyl groups excluding tert-OH is 1. The van der Waals surface area contributed by atoms with Crippen LogP contribution in [-0.2, 0) is 29.6 Å². The molecule has 5 unspecified atom stereocenters. The van der Waals surface area contributed by atoms with Crippen LogP contribution in [0.5, 0.6) is 0 Å². The van der Waals surface area contributed by atoms with E-state index in [0.29, 0.717) is 17.7 Å². The first-order valence-electron chi connectivity index (χ1n) is 16.6. The van der Waals surface area contributed by atoms with Crippen molar-refractivity contribution in [1.29, 1.82) is 0 Å². The van der Waals surface area contributed by atoms with Gasteiger partial charge in [0.25, 0.3) is 0 Å². The number of aliphatic hydroxyl groups is 1. The normalized spacial score (nSPS) is 33.1. The number of dihydropyridines is 1. The molecule has 5 aliphatic rings. The first-order valence-corrected chi connectivity index (χ1v) is 16.2. The number of hydrogen-bond acceptors (Lipinski definition) is 5. The molecule has 0 spiro atoms. The van der Waals surface area contributed by atoms with Gasteiger partial charge < -0.3 is 15.2 Å². The van der Waals surface area contributed by atoms with Crippen molar-refractivity contribution >= 4 is 23.3 Å². The Hall–Kier alpha value is -0.591. The van der Waals surface area contributed by atoms with Crippen LogP contribution < -0.4 is 0 Å². The third-order valence-corrected chi connectivity index (χ3v) is 10.7. The maximum absolute atomic E-state index is 11.8. The molecule has 0 saturated carbocycles. The predicted molar refractivity (Wildman–Crippen MR) is 159 cm³/mol. The zero-order valence-corrected chi connectivity index (χ0v) is 27.3. The zero-order chi connectivity index (χ0) is 29.7. The smallest absolute Gasteiger partial charge is 0.175 e. The number of ether oxygens (including phenoxy) is 1. The average Bonchev–Trinajstić information content (AvgIpc) is 3.58. The summed E-state index contributed by atoms with van der Waals surface area (Å²) in [6.45, 7) is 6.04. The Bertz CT molecular complexity index is 996. The topological polar surface area (TPSA) is 73.0 Å². The van der Waals surface area contributed by atoms with Crippen molar-refractivity contribution in [2.75, 3.05) is 5.75 Å². The van der Waals surface area contributed by atoms with Gasteiger partial charge in [-0.3, -0.25) is 4.79 Å². The van der Waals surface area contributed by atoms with Crippen molar-refractivity contribution in [2.24, 2.45) is 34.6 Å². The van der Waals surface area contributed by atoms with E-state index in [0.717, 1.165) is 56.6 Å². The number of thioether (sulfide) groups is 1. The van der Waals surface area contributed by atoms with E-state index >= 15 is 0 Å². The summed E-state index contributed by atoms with van der Waals surface area (Å²) >= 11 is 2.00. The fourth-order valence-electron chi connectivity index (χ4n) is 6.86. The van der Waals surface area contributed by atoms with Crippen LogP contribution in [0.15, 0.2) is 28.5 Å². The van der Waals surface area contributed by atoms with E-state index < -0.39 is 13.0 Å². The van der Waals surface area contributed by atoms with Crippen LogP contribution in [0.2, 0.25) is 0 Å². The molecule has 5 rings (SSSR count). The van der Waals surface area contributed by atoms with E-state index in [-0.39, 0.29) is 61.6 Å². The number of fused-ring (bicyclic) bond motifs is 4. The number of rotatable bonds is 9. The molecule has 0 amide bonds. The summed E-state index contributed by atoms with van der Waals surface area (Å²) in [4.78, 5) is 16.2. The molecular weight excluding hydrogens is 685 g/mol. The van der Waals surface area contributed by atoms with E-state index in [9.17, 15) is 9.90 Å². The zero-order valence-electron chi connectivity index (χ0n) is 27.1. The summed E-state index contributed by atoms with van der Waals surface area (Å²) in [6.07, 6.45) is 15.0. The first-order chi connectivity index (χ1) is 19.6. The van der Waals surface area contributed by atoms with Crippen molar-refractivity contribution < 1.29 is 38.9 Å². The number of nitrogens with zero attached hydrogens (tertiary/aromatic N) is 2. The van der Waals surface area contributed by atoms with Crippen LogP contribution >= 0.6 is 11.8 Å². The minimum absolute atomic E-state index is 0. The van der Waals surface area contributed by atoms with Crippen molar-refractivity contribution in [2.45, 2.75) is 123 Å². The largest absolute Gasteiger partial charge is 0.646 e. The molecule has 4 aliphatic heterocycles. The second-order valence-electron chi connectivity index (χ2n) is 11.5. The van der Waals surface area contributed by atoms with Crippen LogP contribution in [0.3, 0.4) is 0 Å². The van der Waals surface area contributed by atoms with Crippen molar-refractivity contribution in [3.8, 4) is 0 Å². The Morgan fingerprint density at radius 1 is 1.21 bits per heavy atom. The summed E-state index contributed by atoms with van der Waals surface area (Å²) in [7, 11) is 0. The third-order valence-electron chi connectivity index (χ3n) is 9.37. The van der Waals surface area contributed by atoms with Gasteiger partial charge in [-0.2, -0.15) is 17.3 Å². The number of piperidine rings is 1. The number of aliphatic imine (C=N–C) groups is 1. The summed E-state index contributed by atoms with van der Waals surface area (Å²) in [5.74, 6) is 4.20. The first kappa shape index (κ1) is 28.5. The maximum Gasteiger partial charge on any atom is 0.175 e. The van der Waals surface area contributed by atoms with E-state index in [2.05, 4.69) is 25.3 Å². The van der Waals surface area contributed by atoms with Gasteiger partial charge in [0.05, 0.1) is 6.10 Å². The molecule has 1 radical (unpaired) electrons. The van der Waals surface area contributed by atoms with Crippen molar-refractivity contribution in [1.82, 2.24) is 0 Å². The number of carbonyl (C=O) groups is 1. The predicted octanol–water partition coefficient (Wildman–Crippen LogP) is 7.65. The Labute approximate surface area is 259 Å². The molecule has 223 valence electrons. The van der Waals surface area contributed by atoms with Gasteiger partial charge in [0.15, 0.2) is 6.23 Å². The number of hydrogen-bond donors (Lipinski definition) is 1. The molecule has 7 atom stereocenters. The monoisotopic (exact) mass is 738 g/mol. The minimum Gasteiger partial charge on any atom is -0.646 e. The molecule has 0 bridgehead atoms. The van der Waals surface area contributed by atoms with Gasteiger partial charge in [0.2, 0.25) is 0 Å². The number of ketones is 1. The summed E-state index contributed by atoms with van der Waals surface area (Å²) < 4.78 is 29.1. The second kappa shape index (κ2) is 15.6. The fourth-order valence-corrected chi connectivity index (χ4v) is 8.32. The number of carbonyl (C=O) groups excluding carboxylic acids is 1. The summed E-state index contributed by atoms with van der Waals surface area (Å²) in [6, 6.07) is 0.245. The molecule has 7 heteroatoms. The standard InChI is InChI=1S/C19H24N2OS.C13H26O2.Ir/c1-11-5-7-14-13-3-2-4-15(17(13)22-18(14)20-11)16-8-6-12-9-10-23-19(12)21-16;1-5-10(6-2)12(14)9-13(15)11(7-3)8-4;/h4-5,7,12-14,16,18-19H,2-3,6,8-10H2,1H3;10-12,14H,5-9H2,1-4H3;/q-2;;/t12?,13?,14?,16-,18?,19?;12-;/m10./s1/i1D3;;. The molecule has 0 aromatic heterocycles. The van der Waals surface area contributed by atoms with E-state index in [1.165, 1.54) is 24.2 Å². The molecule has 1 aliphatic carbocycles. The van der Waals surface area contributed by atoms with Gasteiger partial charge in [0.1, 0.15) is 5.78 Å². The van der Waals surface area contributed by atoms with Gasteiger partial charge in [-0.15, -0.1) is 12.5 Å². The quantitative estimate of drug-likeness (QED) is 0.247. The fraction of sp³-hybridized carbons (Fsp3) is 0.781. The van der Waals surface area contributed by atoms with E-state index in [4.69, 9.17) is 14.2 Å². The Morgan fingerprint density at radius 3 is 2.67 bits per heavy atom. The molecule has 3 saturated heterocycles. The summed E-state index contributed by atoms with van der Waals surface area (Å²) in [5, 5.41) is 15.5. The molecule has 39 heavy (non-hydrogen) atoms. The number of Topliss-reactive ketones (excluding diaryl/α,β-unsaturated/α-hetero) is 1. The molecule has 0 aromatic rings. The third kappa shape index (κ3) is 7.83. The Morgan fingerprint density at radius 2 is 1.97 bits per heavy atom. The van der Waals surface area contributed by atoms with Gasteiger partial charge in [0, 0.05) is 48.2 Å². The van der Waals surface area contributed by atoms with Crippen molar-refractivity contribution in [3.63, 3.8) is 0 Å². The molecule has 3 fully saturated rings. The van der Waals surface area contributed by atoms with Crippen LogP contribution in [0, 0.1) is 36.0 Å². The van der Waals surface area contributed by atoms with Crippen LogP contribution in [-0.4, -0.2) is 46.1 Å². The second-order valence-corrected chi connectivity index (χ2v) is 12.8. The van der Waals surface area contributed by atoms with Gasteiger partial charge >= 0.3 is 0 Å². The minimum atomic E-state index is -2.17.